The van der Waals surface area contributed by atoms with E-state index in [1.165, 1.54) is 38.1 Å². The van der Waals surface area contributed by atoms with Gasteiger partial charge in [0.05, 0.1) is 6.17 Å². The summed E-state index contributed by atoms with van der Waals surface area (Å²) >= 11 is 0. The van der Waals surface area contributed by atoms with Crippen molar-refractivity contribution < 1.29 is 0 Å². The predicted molar refractivity (Wildman–Crippen MR) is 87.9 cm³/mol. The van der Waals surface area contributed by atoms with Gasteiger partial charge in [0.1, 0.15) is 11.3 Å². The number of fused-ring (bicyclic) bond motifs is 1. The first-order valence-electron chi connectivity index (χ1n) is 8.66. The minimum Gasteiger partial charge on any atom is -0.316 e. The molecule has 5 heteroatoms. The first kappa shape index (κ1) is 14.2. The molecule has 0 saturated carbocycles. The molecule has 0 aliphatic carbocycles. The van der Waals surface area contributed by atoms with Gasteiger partial charge in [-0.15, -0.1) is 0 Å². The lowest BCUT2D eigenvalue weighted by Crippen LogP contribution is -2.37. The molecule has 118 valence electrons. The number of piperidine rings is 1. The van der Waals surface area contributed by atoms with Crippen LogP contribution < -0.4 is 5.32 Å². The monoisotopic (exact) mass is 299 g/mol. The Balaban J connectivity index is 1.84. The molecule has 0 spiro atoms. The van der Waals surface area contributed by atoms with E-state index in [0.29, 0.717) is 12.1 Å². The summed E-state index contributed by atoms with van der Waals surface area (Å²) in [6, 6.07) is 4.10. The SMILES string of the molecule is CCN1CCCCC1n1c(C2CCNC2)nc2cccnc21. The average Bonchev–Trinajstić information content (AvgIpc) is 3.22. The van der Waals surface area contributed by atoms with Gasteiger partial charge >= 0.3 is 0 Å². The molecule has 0 aromatic carbocycles. The molecule has 1 N–H and O–H groups in total. The zero-order chi connectivity index (χ0) is 14.9. The number of hydrogen-bond acceptors (Lipinski definition) is 4. The van der Waals surface area contributed by atoms with Crippen molar-refractivity contribution in [1.29, 1.82) is 0 Å². The number of aromatic nitrogens is 3. The van der Waals surface area contributed by atoms with Crippen LogP contribution in [0.5, 0.6) is 0 Å². The number of hydrogen-bond donors (Lipinski definition) is 1. The number of rotatable bonds is 3. The Labute approximate surface area is 131 Å². The quantitative estimate of drug-likeness (QED) is 0.946. The third-order valence-corrected chi connectivity index (χ3v) is 5.18. The lowest BCUT2D eigenvalue weighted by Gasteiger charge is -2.37. The summed E-state index contributed by atoms with van der Waals surface area (Å²) in [7, 11) is 0. The number of imidazole rings is 1. The fraction of sp³-hybridized carbons (Fsp3) is 0.647. The lowest BCUT2D eigenvalue weighted by molar-refractivity contribution is 0.101. The third kappa shape index (κ3) is 2.32. The van der Waals surface area contributed by atoms with Gasteiger partial charge in [0, 0.05) is 25.2 Å². The second-order valence-corrected chi connectivity index (χ2v) is 6.48. The van der Waals surface area contributed by atoms with Crippen molar-refractivity contribution in [3.63, 3.8) is 0 Å². The molecule has 4 rings (SSSR count). The van der Waals surface area contributed by atoms with Crippen molar-refractivity contribution >= 4 is 11.2 Å². The average molecular weight is 299 g/mol. The molecule has 2 aliphatic heterocycles. The highest BCUT2D eigenvalue weighted by molar-refractivity contribution is 5.71. The van der Waals surface area contributed by atoms with E-state index in [0.717, 1.165) is 30.8 Å². The second kappa shape index (κ2) is 5.97. The normalized spacial score (nSPS) is 26.8. The van der Waals surface area contributed by atoms with Gasteiger partial charge in [0.25, 0.3) is 0 Å². The molecule has 2 fully saturated rings. The summed E-state index contributed by atoms with van der Waals surface area (Å²) < 4.78 is 2.45. The number of likely N-dealkylation sites (tertiary alicyclic amines) is 1. The van der Waals surface area contributed by atoms with Gasteiger partial charge in [-0.2, -0.15) is 0 Å². The minimum absolute atomic E-state index is 0.425. The van der Waals surface area contributed by atoms with E-state index < -0.39 is 0 Å². The van der Waals surface area contributed by atoms with Gasteiger partial charge in [-0.1, -0.05) is 6.92 Å². The summed E-state index contributed by atoms with van der Waals surface area (Å²) in [5, 5.41) is 3.48. The number of nitrogens with one attached hydrogen (secondary N) is 1. The third-order valence-electron chi connectivity index (χ3n) is 5.18. The van der Waals surface area contributed by atoms with Crippen molar-refractivity contribution in [2.24, 2.45) is 0 Å². The van der Waals surface area contributed by atoms with Crippen LogP contribution in [-0.4, -0.2) is 45.6 Å². The highest BCUT2D eigenvalue weighted by atomic mass is 15.3. The van der Waals surface area contributed by atoms with Crippen molar-refractivity contribution in [3.05, 3.63) is 24.2 Å². The zero-order valence-electron chi connectivity index (χ0n) is 13.3. The molecule has 0 amide bonds. The topological polar surface area (TPSA) is 46.0 Å². The highest BCUT2D eigenvalue weighted by Gasteiger charge is 2.31. The molecular weight excluding hydrogens is 274 g/mol. The highest BCUT2D eigenvalue weighted by Crippen LogP contribution is 2.34. The molecule has 2 aromatic rings. The summed E-state index contributed by atoms with van der Waals surface area (Å²) in [6.07, 6.45) is 7.33. The van der Waals surface area contributed by atoms with Crippen molar-refractivity contribution in [1.82, 2.24) is 24.8 Å². The number of nitrogens with zero attached hydrogens (tertiary/aromatic N) is 4. The van der Waals surface area contributed by atoms with Gasteiger partial charge in [-0.25, -0.2) is 9.97 Å². The smallest absolute Gasteiger partial charge is 0.161 e. The molecule has 2 atom stereocenters. The standard InChI is InChI=1S/C17H25N5/c1-2-21-11-4-3-7-15(21)22-16(13-8-10-18-12-13)20-14-6-5-9-19-17(14)22/h5-6,9,13,15,18H,2-4,7-8,10-12H2,1H3. The first-order valence-corrected chi connectivity index (χ1v) is 8.66. The summed E-state index contributed by atoms with van der Waals surface area (Å²) in [4.78, 5) is 12.2. The molecule has 4 heterocycles. The van der Waals surface area contributed by atoms with Crippen LogP contribution in [0.4, 0.5) is 0 Å². The van der Waals surface area contributed by atoms with Crippen molar-refractivity contribution in [3.8, 4) is 0 Å². The molecule has 2 aliphatic rings. The predicted octanol–water partition coefficient (Wildman–Crippen LogP) is 2.51. The van der Waals surface area contributed by atoms with Crippen molar-refractivity contribution in [2.45, 2.75) is 44.7 Å². The van der Waals surface area contributed by atoms with Gasteiger partial charge < -0.3 is 5.32 Å². The van der Waals surface area contributed by atoms with Crippen LogP contribution >= 0.6 is 0 Å². The van der Waals surface area contributed by atoms with E-state index in [1.54, 1.807) is 0 Å². The maximum Gasteiger partial charge on any atom is 0.161 e. The minimum atomic E-state index is 0.425. The number of pyridine rings is 1. The zero-order valence-corrected chi connectivity index (χ0v) is 13.3. The molecule has 22 heavy (non-hydrogen) atoms. The summed E-state index contributed by atoms with van der Waals surface area (Å²) in [5.74, 6) is 1.76. The first-order chi connectivity index (χ1) is 10.9. The fourth-order valence-corrected chi connectivity index (χ4v) is 4.04. The van der Waals surface area contributed by atoms with Gasteiger partial charge in [0.15, 0.2) is 5.65 Å². The Morgan fingerprint density at radius 1 is 1.32 bits per heavy atom. The van der Waals surface area contributed by atoms with E-state index in [-0.39, 0.29) is 0 Å². The van der Waals surface area contributed by atoms with Gasteiger partial charge in [0.2, 0.25) is 0 Å². The van der Waals surface area contributed by atoms with Crippen LogP contribution in [0.3, 0.4) is 0 Å². The molecule has 2 unspecified atom stereocenters. The Bertz CT molecular complexity index is 644. The Hall–Kier alpha value is -1.46. The lowest BCUT2D eigenvalue weighted by atomic mass is 10.1. The van der Waals surface area contributed by atoms with Gasteiger partial charge in [-0.3, -0.25) is 9.47 Å². The largest absolute Gasteiger partial charge is 0.316 e. The molecule has 5 nitrogen and oxygen atoms in total. The van der Waals surface area contributed by atoms with E-state index in [2.05, 4.69) is 32.8 Å². The van der Waals surface area contributed by atoms with Crippen LogP contribution in [0, 0.1) is 0 Å². The van der Waals surface area contributed by atoms with Crippen molar-refractivity contribution in [2.75, 3.05) is 26.2 Å². The summed E-state index contributed by atoms with van der Waals surface area (Å²) in [6.45, 7) is 6.70. The maximum absolute atomic E-state index is 4.97. The fourth-order valence-electron chi connectivity index (χ4n) is 4.04. The molecule has 2 aromatic heterocycles. The Morgan fingerprint density at radius 2 is 2.27 bits per heavy atom. The van der Waals surface area contributed by atoms with E-state index in [1.807, 2.05) is 12.3 Å². The van der Waals surface area contributed by atoms with Gasteiger partial charge in [-0.05, 0) is 50.9 Å². The van der Waals surface area contributed by atoms with E-state index >= 15 is 0 Å². The van der Waals surface area contributed by atoms with E-state index in [9.17, 15) is 0 Å². The molecule has 0 bridgehead atoms. The van der Waals surface area contributed by atoms with Crippen LogP contribution in [0.25, 0.3) is 11.2 Å². The molecule has 2 saturated heterocycles. The van der Waals surface area contributed by atoms with Crippen LogP contribution in [0.1, 0.15) is 50.5 Å². The maximum atomic E-state index is 4.97. The van der Waals surface area contributed by atoms with Crippen LogP contribution in [0.15, 0.2) is 18.3 Å². The molecule has 0 radical (unpaired) electrons. The Morgan fingerprint density at radius 3 is 3.09 bits per heavy atom. The van der Waals surface area contributed by atoms with Crippen LogP contribution in [-0.2, 0) is 0 Å². The van der Waals surface area contributed by atoms with Crippen LogP contribution in [0.2, 0.25) is 0 Å². The summed E-state index contributed by atoms with van der Waals surface area (Å²) in [5.41, 5.74) is 2.11. The van der Waals surface area contributed by atoms with E-state index in [4.69, 9.17) is 4.98 Å². The Kier molecular flexibility index (Phi) is 3.84. The second-order valence-electron chi connectivity index (χ2n) is 6.48. The molecular formula is C17H25N5.